The molecule has 0 radical (unpaired) electrons. The average molecular weight is 212 g/mol. The number of carbonyl (C=O) groups is 1. The van der Waals surface area contributed by atoms with Crippen LogP contribution in [0.1, 0.15) is 53.4 Å². The Bertz CT molecular complexity index is 223. The molecule has 0 bridgehead atoms. The normalized spacial score (nSPS) is 35.9. The fourth-order valence-corrected chi connectivity index (χ4v) is 2.78. The number of rotatable bonds is 3. The lowest BCUT2D eigenvalue weighted by Crippen LogP contribution is -2.41. The molecule has 3 atom stereocenters. The molecule has 0 aromatic heterocycles. The Morgan fingerprint density at radius 3 is 2.13 bits per heavy atom. The third-order valence-corrected chi connectivity index (χ3v) is 3.77. The van der Waals surface area contributed by atoms with Gasteiger partial charge in [0, 0.05) is 5.92 Å². The molecule has 1 N–H and O–H groups in total. The number of hydrogen-bond donors (Lipinski definition) is 1. The molecule has 0 saturated heterocycles. The van der Waals surface area contributed by atoms with Gasteiger partial charge < -0.3 is 5.11 Å². The molecule has 0 spiro atoms. The van der Waals surface area contributed by atoms with E-state index in [1.807, 2.05) is 6.92 Å². The van der Waals surface area contributed by atoms with Gasteiger partial charge in [-0.25, -0.2) is 0 Å². The van der Waals surface area contributed by atoms with Crippen molar-refractivity contribution in [1.82, 2.24) is 0 Å². The van der Waals surface area contributed by atoms with E-state index in [1.165, 1.54) is 6.42 Å². The second-order valence-corrected chi connectivity index (χ2v) is 5.61. The van der Waals surface area contributed by atoms with E-state index < -0.39 is 5.60 Å². The zero-order chi connectivity index (χ0) is 11.6. The maximum absolute atomic E-state index is 12.1. The summed E-state index contributed by atoms with van der Waals surface area (Å²) in [5, 5.41) is 9.97. The van der Waals surface area contributed by atoms with Gasteiger partial charge in [-0.05, 0) is 44.4 Å². The fraction of sp³-hybridized carbons (Fsp3) is 0.923. The highest BCUT2D eigenvalue weighted by Crippen LogP contribution is 2.35. The second-order valence-electron chi connectivity index (χ2n) is 5.61. The molecule has 15 heavy (non-hydrogen) atoms. The first-order valence-corrected chi connectivity index (χ1v) is 6.13. The predicted octanol–water partition coefficient (Wildman–Crippen LogP) is 2.79. The van der Waals surface area contributed by atoms with Gasteiger partial charge >= 0.3 is 0 Å². The Kier molecular flexibility index (Phi) is 3.93. The van der Waals surface area contributed by atoms with Crippen LogP contribution < -0.4 is 0 Å². The first kappa shape index (κ1) is 12.7. The highest BCUT2D eigenvalue weighted by Gasteiger charge is 2.37. The van der Waals surface area contributed by atoms with Crippen LogP contribution >= 0.6 is 0 Å². The van der Waals surface area contributed by atoms with E-state index in [9.17, 15) is 9.90 Å². The van der Waals surface area contributed by atoms with Gasteiger partial charge in [0.25, 0.3) is 0 Å². The molecule has 88 valence electrons. The molecule has 2 heteroatoms. The van der Waals surface area contributed by atoms with Crippen LogP contribution in [0.25, 0.3) is 0 Å². The summed E-state index contributed by atoms with van der Waals surface area (Å²) in [4.78, 5) is 12.1. The van der Waals surface area contributed by atoms with Crippen molar-refractivity contribution in [2.24, 2.45) is 17.8 Å². The van der Waals surface area contributed by atoms with Gasteiger partial charge in [0.1, 0.15) is 5.60 Å². The van der Waals surface area contributed by atoms with Gasteiger partial charge in [-0.15, -0.1) is 0 Å². The molecule has 0 aromatic carbocycles. The minimum absolute atomic E-state index is 0.0587. The number of carbonyl (C=O) groups excluding carboxylic acids is 1. The van der Waals surface area contributed by atoms with Crippen LogP contribution in [-0.4, -0.2) is 16.5 Å². The standard InChI is InChI=1S/C13H24O2/c1-5-13(4,15)12(14)11-7-9(2)6-10(3)8-11/h9-11,15H,5-8H2,1-4H3. The largest absolute Gasteiger partial charge is 0.382 e. The molecule has 2 nitrogen and oxygen atoms in total. The molecule has 0 aromatic rings. The lowest BCUT2D eigenvalue weighted by Gasteiger charge is -2.34. The maximum Gasteiger partial charge on any atom is 0.167 e. The van der Waals surface area contributed by atoms with E-state index in [2.05, 4.69) is 13.8 Å². The Hall–Kier alpha value is -0.370. The fourth-order valence-electron chi connectivity index (χ4n) is 2.78. The summed E-state index contributed by atoms with van der Waals surface area (Å²) in [7, 11) is 0. The number of ketones is 1. The van der Waals surface area contributed by atoms with Crippen molar-refractivity contribution < 1.29 is 9.90 Å². The van der Waals surface area contributed by atoms with E-state index in [1.54, 1.807) is 6.92 Å². The van der Waals surface area contributed by atoms with Gasteiger partial charge in [0.15, 0.2) is 5.78 Å². The lowest BCUT2D eigenvalue weighted by atomic mass is 9.72. The van der Waals surface area contributed by atoms with Gasteiger partial charge in [0.05, 0.1) is 0 Å². The molecule has 1 saturated carbocycles. The van der Waals surface area contributed by atoms with Crippen LogP contribution in [0.15, 0.2) is 0 Å². The van der Waals surface area contributed by atoms with Crippen LogP contribution in [0.5, 0.6) is 0 Å². The van der Waals surface area contributed by atoms with Gasteiger partial charge in [-0.1, -0.05) is 20.8 Å². The van der Waals surface area contributed by atoms with Crippen LogP contribution in [-0.2, 0) is 4.79 Å². The van der Waals surface area contributed by atoms with E-state index in [0.717, 1.165) is 12.8 Å². The number of aliphatic hydroxyl groups is 1. The van der Waals surface area contributed by atoms with E-state index in [4.69, 9.17) is 0 Å². The Balaban J connectivity index is 2.67. The summed E-state index contributed by atoms with van der Waals surface area (Å²) in [5.41, 5.74) is -1.11. The highest BCUT2D eigenvalue weighted by molar-refractivity contribution is 5.88. The Morgan fingerprint density at radius 1 is 1.27 bits per heavy atom. The third-order valence-electron chi connectivity index (χ3n) is 3.77. The topological polar surface area (TPSA) is 37.3 Å². The summed E-state index contributed by atoms with van der Waals surface area (Å²) in [6.45, 7) is 7.93. The van der Waals surface area contributed by atoms with Crippen molar-refractivity contribution in [2.75, 3.05) is 0 Å². The number of hydrogen-bond acceptors (Lipinski definition) is 2. The predicted molar refractivity (Wildman–Crippen MR) is 61.6 cm³/mol. The molecule has 1 fully saturated rings. The molecule has 0 amide bonds. The van der Waals surface area contributed by atoms with Crippen molar-refractivity contribution in [1.29, 1.82) is 0 Å². The minimum Gasteiger partial charge on any atom is -0.382 e. The maximum atomic E-state index is 12.1. The van der Waals surface area contributed by atoms with Gasteiger partial charge in [0.2, 0.25) is 0 Å². The van der Waals surface area contributed by atoms with Crippen molar-refractivity contribution in [2.45, 2.75) is 59.0 Å². The first-order chi connectivity index (χ1) is 6.86. The molecule has 0 aliphatic heterocycles. The summed E-state index contributed by atoms with van der Waals surface area (Å²) in [6.07, 6.45) is 3.65. The summed E-state index contributed by atoms with van der Waals surface area (Å²) in [6, 6.07) is 0. The molecule has 1 aliphatic carbocycles. The van der Waals surface area contributed by atoms with Crippen LogP contribution in [0.3, 0.4) is 0 Å². The first-order valence-electron chi connectivity index (χ1n) is 6.13. The minimum atomic E-state index is -1.11. The SMILES string of the molecule is CCC(C)(O)C(=O)C1CC(C)CC(C)C1. The van der Waals surface area contributed by atoms with E-state index in [-0.39, 0.29) is 11.7 Å². The smallest absolute Gasteiger partial charge is 0.167 e. The van der Waals surface area contributed by atoms with Gasteiger partial charge in [-0.3, -0.25) is 4.79 Å². The Morgan fingerprint density at radius 2 is 1.73 bits per heavy atom. The molecule has 0 heterocycles. The summed E-state index contributed by atoms with van der Waals surface area (Å²) >= 11 is 0. The summed E-state index contributed by atoms with van der Waals surface area (Å²) in [5.74, 6) is 1.38. The molecular weight excluding hydrogens is 188 g/mol. The monoisotopic (exact) mass is 212 g/mol. The molecule has 1 rings (SSSR count). The molecular formula is C13H24O2. The highest BCUT2D eigenvalue weighted by atomic mass is 16.3. The zero-order valence-electron chi connectivity index (χ0n) is 10.4. The van der Waals surface area contributed by atoms with Crippen molar-refractivity contribution in [3.8, 4) is 0 Å². The van der Waals surface area contributed by atoms with Crippen LogP contribution in [0.2, 0.25) is 0 Å². The third kappa shape index (κ3) is 3.04. The van der Waals surface area contributed by atoms with E-state index in [0.29, 0.717) is 18.3 Å². The lowest BCUT2D eigenvalue weighted by molar-refractivity contribution is -0.142. The zero-order valence-corrected chi connectivity index (χ0v) is 10.4. The summed E-state index contributed by atoms with van der Waals surface area (Å²) < 4.78 is 0. The van der Waals surface area contributed by atoms with E-state index >= 15 is 0 Å². The van der Waals surface area contributed by atoms with Crippen molar-refractivity contribution in [3.05, 3.63) is 0 Å². The molecule has 3 unspecified atom stereocenters. The number of Topliss-reactive ketones (excluding diaryl/α,β-unsaturated/α-hetero) is 1. The Labute approximate surface area is 93.1 Å². The van der Waals surface area contributed by atoms with Crippen molar-refractivity contribution >= 4 is 5.78 Å². The van der Waals surface area contributed by atoms with Gasteiger partial charge in [-0.2, -0.15) is 0 Å². The quantitative estimate of drug-likeness (QED) is 0.781. The second kappa shape index (κ2) is 4.65. The van der Waals surface area contributed by atoms with Crippen LogP contribution in [0, 0.1) is 17.8 Å². The van der Waals surface area contributed by atoms with Crippen LogP contribution in [0.4, 0.5) is 0 Å². The van der Waals surface area contributed by atoms with Crippen molar-refractivity contribution in [3.63, 3.8) is 0 Å². The molecule has 1 aliphatic rings. The average Bonchev–Trinajstić information content (AvgIpc) is 2.15.